The molecule has 0 aromatic carbocycles. The minimum absolute atomic E-state index is 0.0438. The maximum atomic E-state index is 12.1. The van der Waals surface area contributed by atoms with Gasteiger partial charge in [0.2, 0.25) is 5.91 Å². The molecule has 0 radical (unpaired) electrons. The molecule has 120 valence electrons. The molecule has 2 aliphatic rings. The number of nitrogens with zero attached hydrogens (tertiary/aromatic N) is 2. The molecule has 2 heterocycles. The van der Waals surface area contributed by atoms with Gasteiger partial charge in [0.05, 0.1) is 36.6 Å². The van der Waals surface area contributed by atoms with Crippen molar-refractivity contribution in [3.05, 3.63) is 17.5 Å². The van der Waals surface area contributed by atoms with Gasteiger partial charge in [0.1, 0.15) is 0 Å². The van der Waals surface area contributed by atoms with E-state index in [0.29, 0.717) is 31.7 Å². The highest BCUT2D eigenvalue weighted by Gasteiger charge is 2.32. The number of aromatic nitrogens is 2. The lowest BCUT2D eigenvalue weighted by Crippen LogP contribution is -2.42. The number of carbonyl (C=O) groups is 2. The second-order valence-corrected chi connectivity index (χ2v) is 5.97. The zero-order valence-corrected chi connectivity index (χ0v) is 12.8. The first-order valence-corrected chi connectivity index (χ1v) is 7.81. The van der Waals surface area contributed by atoms with E-state index in [4.69, 9.17) is 4.74 Å². The molecule has 1 fully saturated rings. The predicted octanol–water partition coefficient (Wildman–Crippen LogP) is 0.100. The first-order chi connectivity index (χ1) is 10.7. The molecule has 1 aliphatic carbocycles. The lowest BCUT2D eigenvalue weighted by molar-refractivity contribution is -0.128. The van der Waals surface area contributed by atoms with Gasteiger partial charge in [0.25, 0.3) is 5.91 Å². The number of amides is 2. The van der Waals surface area contributed by atoms with E-state index in [1.807, 2.05) is 4.68 Å². The Morgan fingerprint density at radius 2 is 2.27 bits per heavy atom. The Morgan fingerprint density at radius 1 is 1.45 bits per heavy atom. The predicted molar refractivity (Wildman–Crippen MR) is 79.4 cm³/mol. The third kappa shape index (κ3) is 2.99. The number of nitrogens with one attached hydrogen (secondary N) is 2. The monoisotopic (exact) mass is 306 g/mol. The largest absolute Gasteiger partial charge is 0.383 e. The van der Waals surface area contributed by atoms with Crippen LogP contribution in [0.15, 0.2) is 6.20 Å². The number of hydrogen-bond acceptors (Lipinski definition) is 4. The van der Waals surface area contributed by atoms with Crippen LogP contribution >= 0.6 is 0 Å². The highest BCUT2D eigenvalue weighted by molar-refractivity contribution is 5.95. The third-order valence-electron chi connectivity index (χ3n) is 4.44. The summed E-state index contributed by atoms with van der Waals surface area (Å²) in [5.74, 6) is 0.196. The summed E-state index contributed by atoms with van der Waals surface area (Å²) in [5.41, 5.74) is 1.49. The molecule has 1 aromatic heterocycles. The number of ether oxygens (including phenoxy) is 1. The van der Waals surface area contributed by atoms with Crippen LogP contribution in [0.5, 0.6) is 0 Å². The summed E-state index contributed by atoms with van der Waals surface area (Å²) in [7, 11) is 1.60. The van der Waals surface area contributed by atoms with E-state index < -0.39 is 0 Å². The Labute approximate surface area is 129 Å². The van der Waals surface area contributed by atoms with E-state index in [2.05, 4.69) is 15.7 Å². The molecule has 0 saturated heterocycles. The molecule has 1 atom stereocenters. The molecule has 1 aromatic rings. The van der Waals surface area contributed by atoms with Gasteiger partial charge in [-0.25, -0.2) is 0 Å². The van der Waals surface area contributed by atoms with Crippen molar-refractivity contribution in [3.8, 4) is 0 Å². The Bertz CT molecular complexity index is 565. The molecule has 22 heavy (non-hydrogen) atoms. The number of methoxy groups -OCH3 is 1. The van der Waals surface area contributed by atoms with Crippen molar-refractivity contribution in [2.75, 3.05) is 20.3 Å². The molecule has 7 nitrogen and oxygen atoms in total. The van der Waals surface area contributed by atoms with Crippen LogP contribution in [0.25, 0.3) is 0 Å². The fraction of sp³-hybridized carbons (Fsp3) is 0.667. The van der Waals surface area contributed by atoms with Crippen molar-refractivity contribution in [1.29, 1.82) is 0 Å². The maximum absolute atomic E-state index is 12.1. The summed E-state index contributed by atoms with van der Waals surface area (Å²) >= 11 is 0. The van der Waals surface area contributed by atoms with Crippen molar-refractivity contribution in [1.82, 2.24) is 20.4 Å². The smallest absolute Gasteiger partial charge is 0.254 e. The van der Waals surface area contributed by atoms with Gasteiger partial charge < -0.3 is 15.4 Å². The van der Waals surface area contributed by atoms with Crippen molar-refractivity contribution in [2.45, 2.75) is 38.3 Å². The first kappa shape index (κ1) is 15.0. The zero-order chi connectivity index (χ0) is 15.5. The van der Waals surface area contributed by atoms with Crippen molar-refractivity contribution >= 4 is 11.8 Å². The van der Waals surface area contributed by atoms with Crippen molar-refractivity contribution in [3.63, 3.8) is 0 Å². The van der Waals surface area contributed by atoms with Gasteiger partial charge >= 0.3 is 0 Å². The Balaban J connectivity index is 1.57. The number of fused-ring (bicyclic) bond motifs is 1. The fourth-order valence-corrected chi connectivity index (χ4v) is 2.93. The van der Waals surface area contributed by atoms with Crippen molar-refractivity contribution < 1.29 is 14.3 Å². The van der Waals surface area contributed by atoms with Crippen molar-refractivity contribution in [2.24, 2.45) is 5.92 Å². The van der Waals surface area contributed by atoms with Gasteiger partial charge in [0.15, 0.2) is 0 Å². The van der Waals surface area contributed by atoms with Crippen LogP contribution in [0.1, 0.15) is 35.3 Å². The summed E-state index contributed by atoms with van der Waals surface area (Å²) in [6.07, 6.45) is 5.40. The van der Waals surface area contributed by atoms with E-state index >= 15 is 0 Å². The van der Waals surface area contributed by atoms with Crippen LogP contribution < -0.4 is 10.6 Å². The number of carbonyl (C=O) groups excluding carboxylic acids is 2. The molecule has 3 rings (SSSR count). The molecule has 1 aliphatic heterocycles. The van der Waals surface area contributed by atoms with Crippen LogP contribution in [-0.2, 0) is 22.5 Å². The fourth-order valence-electron chi connectivity index (χ4n) is 2.93. The Morgan fingerprint density at radius 3 is 2.95 bits per heavy atom. The van der Waals surface area contributed by atoms with E-state index in [1.165, 1.54) is 0 Å². The molecule has 2 N–H and O–H groups in total. The average molecular weight is 306 g/mol. The minimum Gasteiger partial charge on any atom is -0.383 e. The van der Waals surface area contributed by atoms with Gasteiger partial charge in [-0.15, -0.1) is 0 Å². The lowest BCUT2D eigenvalue weighted by Gasteiger charge is -2.25. The second-order valence-electron chi connectivity index (χ2n) is 5.97. The Kier molecular flexibility index (Phi) is 4.42. The van der Waals surface area contributed by atoms with Gasteiger partial charge in [0, 0.05) is 26.0 Å². The molecule has 2 amide bonds. The molecule has 0 spiro atoms. The summed E-state index contributed by atoms with van der Waals surface area (Å²) in [5, 5.41) is 10.1. The zero-order valence-electron chi connectivity index (χ0n) is 12.8. The van der Waals surface area contributed by atoms with Gasteiger partial charge in [-0.1, -0.05) is 6.42 Å². The van der Waals surface area contributed by atoms with Crippen LogP contribution in [-0.4, -0.2) is 47.9 Å². The highest BCUT2D eigenvalue weighted by Crippen LogP contribution is 2.27. The molecular formula is C15H22N4O3. The summed E-state index contributed by atoms with van der Waals surface area (Å²) < 4.78 is 6.73. The van der Waals surface area contributed by atoms with Crippen LogP contribution in [0.3, 0.4) is 0 Å². The topological polar surface area (TPSA) is 85.2 Å². The van der Waals surface area contributed by atoms with Crippen LogP contribution in [0.2, 0.25) is 0 Å². The van der Waals surface area contributed by atoms with Gasteiger partial charge in [-0.2, -0.15) is 5.10 Å². The van der Waals surface area contributed by atoms with Gasteiger partial charge in [-0.05, 0) is 12.8 Å². The number of rotatable bonds is 6. The molecule has 7 heteroatoms. The summed E-state index contributed by atoms with van der Waals surface area (Å²) in [4.78, 5) is 24.1. The van der Waals surface area contributed by atoms with Crippen LogP contribution in [0, 0.1) is 5.92 Å². The molecule has 0 unspecified atom stereocenters. The van der Waals surface area contributed by atoms with E-state index in [1.54, 1.807) is 13.3 Å². The maximum Gasteiger partial charge on any atom is 0.254 e. The van der Waals surface area contributed by atoms with E-state index in [-0.39, 0.29) is 23.8 Å². The van der Waals surface area contributed by atoms with Crippen LogP contribution in [0.4, 0.5) is 0 Å². The second kappa shape index (κ2) is 6.48. The number of hydrogen-bond donors (Lipinski definition) is 2. The van der Waals surface area contributed by atoms with E-state index in [9.17, 15) is 9.59 Å². The minimum atomic E-state index is -0.135. The van der Waals surface area contributed by atoms with E-state index in [0.717, 1.165) is 25.0 Å². The Hall–Kier alpha value is -1.89. The van der Waals surface area contributed by atoms with Gasteiger partial charge in [-0.3, -0.25) is 14.3 Å². The standard InChI is InChI=1S/C15H22N4O3/c1-22-6-5-16-15(21)12-8-17-19-9-11(7-13(12)19)18-14(20)10-3-2-4-10/h8,10-11H,2-7,9H2,1H3,(H,16,21)(H,18,20)/t11-/m0/s1. The third-order valence-corrected chi connectivity index (χ3v) is 4.44. The quantitative estimate of drug-likeness (QED) is 0.730. The molecular weight excluding hydrogens is 284 g/mol. The SMILES string of the molecule is COCCNC(=O)c1cnn2c1C[C@H](NC(=O)C1CCC1)C2. The first-order valence-electron chi connectivity index (χ1n) is 7.81. The normalized spacial score (nSPS) is 20.3. The molecule has 1 saturated carbocycles. The summed E-state index contributed by atoms with van der Waals surface area (Å²) in [6, 6.07) is 0.0438. The highest BCUT2D eigenvalue weighted by atomic mass is 16.5. The lowest BCUT2D eigenvalue weighted by atomic mass is 9.84. The summed E-state index contributed by atoms with van der Waals surface area (Å²) in [6.45, 7) is 1.59. The molecule has 0 bridgehead atoms. The average Bonchev–Trinajstić information content (AvgIpc) is 2.96.